The molecule has 17 heavy (non-hydrogen) atoms. The van der Waals surface area contributed by atoms with E-state index >= 15 is 0 Å². The SMILES string of the molecule is COCC1(C(=O)N2CCCC2C)CCNCC1. The number of nitrogens with zero attached hydrogens (tertiary/aromatic N) is 1. The summed E-state index contributed by atoms with van der Waals surface area (Å²) in [6.07, 6.45) is 4.10. The number of ether oxygens (including phenoxy) is 1. The van der Waals surface area contributed by atoms with Gasteiger partial charge in [0.1, 0.15) is 0 Å². The summed E-state index contributed by atoms with van der Waals surface area (Å²) in [4.78, 5) is 14.8. The Labute approximate surface area is 104 Å². The summed E-state index contributed by atoms with van der Waals surface area (Å²) in [5.41, 5.74) is -0.265. The van der Waals surface area contributed by atoms with E-state index in [9.17, 15) is 4.79 Å². The Bertz CT molecular complexity index is 269. The Morgan fingerprint density at radius 1 is 1.47 bits per heavy atom. The molecule has 1 amide bonds. The van der Waals surface area contributed by atoms with E-state index < -0.39 is 0 Å². The molecule has 2 fully saturated rings. The summed E-state index contributed by atoms with van der Waals surface area (Å²) in [6.45, 7) is 5.51. The molecule has 0 aromatic heterocycles. The van der Waals surface area contributed by atoms with E-state index in [1.165, 1.54) is 0 Å². The number of hydrogen-bond acceptors (Lipinski definition) is 3. The van der Waals surface area contributed by atoms with E-state index in [1.54, 1.807) is 7.11 Å². The maximum absolute atomic E-state index is 12.7. The minimum absolute atomic E-state index is 0.265. The molecule has 2 aliphatic rings. The summed E-state index contributed by atoms with van der Waals surface area (Å²) in [6, 6.07) is 0.408. The maximum Gasteiger partial charge on any atom is 0.231 e. The van der Waals surface area contributed by atoms with Crippen LogP contribution in [0.4, 0.5) is 0 Å². The number of methoxy groups -OCH3 is 1. The Hall–Kier alpha value is -0.610. The molecule has 4 nitrogen and oxygen atoms in total. The van der Waals surface area contributed by atoms with E-state index in [4.69, 9.17) is 4.74 Å². The van der Waals surface area contributed by atoms with E-state index in [2.05, 4.69) is 17.1 Å². The van der Waals surface area contributed by atoms with Crippen LogP contribution in [0.1, 0.15) is 32.6 Å². The van der Waals surface area contributed by atoms with Gasteiger partial charge in [0.2, 0.25) is 5.91 Å². The van der Waals surface area contributed by atoms with Gasteiger partial charge >= 0.3 is 0 Å². The minimum atomic E-state index is -0.265. The van der Waals surface area contributed by atoms with E-state index in [1.807, 2.05) is 0 Å². The third-order valence-corrected chi connectivity index (χ3v) is 4.25. The first kappa shape index (κ1) is 12.8. The van der Waals surface area contributed by atoms with E-state index in [0.29, 0.717) is 18.6 Å². The molecule has 4 heteroatoms. The second-order valence-electron chi connectivity index (χ2n) is 5.45. The fourth-order valence-electron chi connectivity index (χ4n) is 3.14. The van der Waals surface area contributed by atoms with Crippen LogP contribution in [0, 0.1) is 5.41 Å². The normalized spacial score (nSPS) is 28.4. The largest absolute Gasteiger partial charge is 0.384 e. The Morgan fingerprint density at radius 2 is 2.18 bits per heavy atom. The number of piperidine rings is 1. The molecule has 0 bridgehead atoms. The lowest BCUT2D eigenvalue weighted by Crippen LogP contribution is -2.52. The molecule has 0 saturated carbocycles. The van der Waals surface area contributed by atoms with Crippen LogP contribution in [-0.2, 0) is 9.53 Å². The quantitative estimate of drug-likeness (QED) is 0.800. The highest BCUT2D eigenvalue weighted by Crippen LogP contribution is 2.34. The van der Waals surface area contributed by atoms with Crippen molar-refractivity contribution >= 4 is 5.91 Å². The van der Waals surface area contributed by atoms with Crippen LogP contribution in [0.15, 0.2) is 0 Å². The minimum Gasteiger partial charge on any atom is -0.384 e. The predicted octanol–water partition coefficient (Wildman–Crippen LogP) is 1.01. The van der Waals surface area contributed by atoms with Crippen LogP contribution < -0.4 is 5.32 Å². The second-order valence-corrected chi connectivity index (χ2v) is 5.45. The monoisotopic (exact) mass is 240 g/mol. The standard InChI is InChI=1S/C13H24N2O2/c1-11-4-3-9-15(11)12(16)13(10-17-2)5-7-14-8-6-13/h11,14H,3-10H2,1-2H3. The molecule has 2 saturated heterocycles. The van der Waals surface area contributed by atoms with Crippen LogP contribution in [0.25, 0.3) is 0 Å². The lowest BCUT2D eigenvalue weighted by Gasteiger charge is -2.39. The fraction of sp³-hybridized carbons (Fsp3) is 0.923. The van der Waals surface area contributed by atoms with Crippen LogP contribution in [0.5, 0.6) is 0 Å². The molecule has 0 aromatic carbocycles. The van der Waals surface area contributed by atoms with E-state index in [-0.39, 0.29) is 5.41 Å². The van der Waals surface area contributed by atoms with Crippen molar-refractivity contribution in [2.45, 2.75) is 38.6 Å². The summed E-state index contributed by atoms with van der Waals surface area (Å²) in [5, 5.41) is 3.33. The van der Waals surface area contributed by atoms with Gasteiger partial charge < -0.3 is 15.0 Å². The number of hydrogen-bond donors (Lipinski definition) is 1. The van der Waals surface area contributed by atoms with E-state index in [0.717, 1.165) is 45.3 Å². The molecule has 2 rings (SSSR count). The molecule has 2 heterocycles. The van der Waals surface area contributed by atoms with Gasteiger partial charge in [0, 0.05) is 19.7 Å². The molecule has 0 spiro atoms. The average molecular weight is 240 g/mol. The Balaban J connectivity index is 2.11. The van der Waals surface area contributed by atoms with Crippen molar-refractivity contribution in [2.75, 3.05) is 33.4 Å². The lowest BCUT2D eigenvalue weighted by molar-refractivity contribution is -0.148. The summed E-state index contributed by atoms with van der Waals surface area (Å²) >= 11 is 0. The zero-order valence-electron chi connectivity index (χ0n) is 11.0. The van der Waals surface area contributed by atoms with Crippen molar-refractivity contribution in [3.63, 3.8) is 0 Å². The van der Waals surface area contributed by atoms with Gasteiger partial charge in [-0.25, -0.2) is 0 Å². The second kappa shape index (κ2) is 5.36. The highest BCUT2D eigenvalue weighted by Gasteiger charge is 2.44. The zero-order valence-corrected chi connectivity index (χ0v) is 11.0. The highest BCUT2D eigenvalue weighted by atomic mass is 16.5. The number of nitrogens with one attached hydrogen (secondary N) is 1. The number of carbonyl (C=O) groups is 1. The molecule has 0 aliphatic carbocycles. The lowest BCUT2D eigenvalue weighted by atomic mass is 9.78. The van der Waals surface area contributed by atoms with Gasteiger partial charge in [-0.1, -0.05) is 0 Å². The smallest absolute Gasteiger partial charge is 0.231 e. The highest BCUT2D eigenvalue weighted by molar-refractivity contribution is 5.83. The van der Waals surface area contributed by atoms with Gasteiger partial charge in [0.05, 0.1) is 12.0 Å². The van der Waals surface area contributed by atoms with Gasteiger partial charge in [-0.05, 0) is 45.7 Å². The molecule has 1 atom stereocenters. The third-order valence-electron chi connectivity index (χ3n) is 4.25. The fourth-order valence-corrected chi connectivity index (χ4v) is 3.14. The van der Waals surface area contributed by atoms with Gasteiger partial charge in [-0.15, -0.1) is 0 Å². The molecular formula is C13H24N2O2. The van der Waals surface area contributed by atoms with Crippen molar-refractivity contribution in [3.05, 3.63) is 0 Å². The molecule has 1 unspecified atom stereocenters. The van der Waals surface area contributed by atoms with Crippen LogP contribution in [0.2, 0.25) is 0 Å². The van der Waals surface area contributed by atoms with Crippen molar-refractivity contribution in [1.82, 2.24) is 10.2 Å². The van der Waals surface area contributed by atoms with Crippen molar-refractivity contribution in [1.29, 1.82) is 0 Å². The first-order valence-corrected chi connectivity index (χ1v) is 6.70. The first-order chi connectivity index (χ1) is 8.19. The summed E-state index contributed by atoms with van der Waals surface area (Å²) in [5.74, 6) is 0.325. The number of rotatable bonds is 3. The molecule has 0 aromatic rings. The van der Waals surface area contributed by atoms with Crippen LogP contribution >= 0.6 is 0 Å². The van der Waals surface area contributed by atoms with Crippen molar-refractivity contribution in [3.8, 4) is 0 Å². The third kappa shape index (κ3) is 2.47. The topological polar surface area (TPSA) is 41.6 Å². The van der Waals surface area contributed by atoms with Crippen molar-refractivity contribution in [2.24, 2.45) is 5.41 Å². The van der Waals surface area contributed by atoms with Gasteiger partial charge in [-0.3, -0.25) is 4.79 Å². The number of carbonyl (C=O) groups excluding carboxylic acids is 1. The first-order valence-electron chi connectivity index (χ1n) is 6.70. The number of amides is 1. The molecular weight excluding hydrogens is 216 g/mol. The summed E-state index contributed by atoms with van der Waals surface area (Å²) in [7, 11) is 1.70. The van der Waals surface area contributed by atoms with Crippen LogP contribution in [0.3, 0.4) is 0 Å². The van der Waals surface area contributed by atoms with Gasteiger partial charge in [0.15, 0.2) is 0 Å². The summed E-state index contributed by atoms with van der Waals surface area (Å²) < 4.78 is 5.33. The molecule has 98 valence electrons. The molecule has 2 aliphatic heterocycles. The molecule has 1 N–H and O–H groups in total. The Kier molecular flexibility index (Phi) is 4.05. The van der Waals surface area contributed by atoms with Crippen molar-refractivity contribution < 1.29 is 9.53 Å². The van der Waals surface area contributed by atoms with Gasteiger partial charge in [-0.2, -0.15) is 0 Å². The van der Waals surface area contributed by atoms with Crippen LogP contribution in [-0.4, -0.2) is 50.2 Å². The maximum atomic E-state index is 12.7. The zero-order chi connectivity index (χ0) is 12.3. The number of likely N-dealkylation sites (tertiary alicyclic amines) is 1. The van der Waals surface area contributed by atoms with Gasteiger partial charge in [0.25, 0.3) is 0 Å². The molecule has 0 radical (unpaired) electrons. The predicted molar refractivity (Wildman–Crippen MR) is 66.8 cm³/mol. The average Bonchev–Trinajstić information content (AvgIpc) is 2.76. The Morgan fingerprint density at radius 3 is 2.71 bits per heavy atom.